The quantitative estimate of drug-likeness (QED) is 0.665. The third-order valence-electron chi connectivity index (χ3n) is 2.76. The molecule has 0 unspecified atom stereocenters. The third-order valence-corrected chi connectivity index (χ3v) is 2.76. The first kappa shape index (κ1) is 13.9. The van der Waals surface area contributed by atoms with Crippen LogP contribution in [0, 0.1) is 17.3 Å². The zero-order valence-corrected chi connectivity index (χ0v) is 10.1. The SMILES string of the molecule is CC(C)CCC(CO)(CO)CC(C)C. The molecule has 0 spiro atoms. The molecular formula is C12H26O2. The highest BCUT2D eigenvalue weighted by Crippen LogP contribution is 2.32. The molecule has 2 nitrogen and oxygen atoms in total. The van der Waals surface area contributed by atoms with Gasteiger partial charge in [-0.15, -0.1) is 0 Å². The van der Waals surface area contributed by atoms with Crippen molar-refractivity contribution in [3.8, 4) is 0 Å². The molecule has 0 aromatic rings. The molecular weight excluding hydrogens is 176 g/mol. The van der Waals surface area contributed by atoms with Gasteiger partial charge >= 0.3 is 0 Å². The van der Waals surface area contributed by atoms with Crippen LogP contribution < -0.4 is 0 Å². The monoisotopic (exact) mass is 202 g/mol. The average molecular weight is 202 g/mol. The lowest BCUT2D eigenvalue weighted by Crippen LogP contribution is -2.32. The number of hydrogen-bond acceptors (Lipinski definition) is 2. The molecule has 0 aromatic carbocycles. The third kappa shape index (κ3) is 4.97. The van der Waals surface area contributed by atoms with Crippen LogP contribution >= 0.6 is 0 Å². The summed E-state index contributed by atoms with van der Waals surface area (Å²) < 4.78 is 0. The molecule has 2 N–H and O–H groups in total. The maximum absolute atomic E-state index is 9.38. The molecule has 0 aliphatic heterocycles. The molecule has 0 fully saturated rings. The molecule has 0 radical (unpaired) electrons. The van der Waals surface area contributed by atoms with E-state index in [9.17, 15) is 10.2 Å². The lowest BCUT2D eigenvalue weighted by molar-refractivity contribution is 0.0255. The minimum atomic E-state index is -0.252. The van der Waals surface area contributed by atoms with Crippen molar-refractivity contribution >= 4 is 0 Å². The molecule has 0 heterocycles. The minimum absolute atomic E-state index is 0.106. The molecule has 86 valence electrons. The van der Waals surface area contributed by atoms with Crippen LogP contribution in [0.3, 0.4) is 0 Å². The van der Waals surface area contributed by atoms with Crippen LogP contribution in [-0.4, -0.2) is 23.4 Å². The second-order valence-electron chi connectivity index (χ2n) is 5.35. The van der Waals surface area contributed by atoms with Gasteiger partial charge in [0.05, 0.1) is 13.2 Å². The summed E-state index contributed by atoms with van der Waals surface area (Å²) >= 11 is 0. The molecule has 0 saturated carbocycles. The van der Waals surface area contributed by atoms with Crippen molar-refractivity contribution in [1.82, 2.24) is 0 Å². The summed E-state index contributed by atoms with van der Waals surface area (Å²) in [6.45, 7) is 8.83. The Balaban J connectivity index is 4.21. The predicted octanol–water partition coefficient (Wildman–Crippen LogP) is 2.44. The summed E-state index contributed by atoms with van der Waals surface area (Å²) in [7, 11) is 0. The first-order chi connectivity index (χ1) is 6.45. The standard InChI is InChI=1S/C12H26O2/c1-10(2)5-6-12(8-13,9-14)7-11(3)4/h10-11,13-14H,5-9H2,1-4H3. The minimum Gasteiger partial charge on any atom is -0.396 e. The molecule has 2 heteroatoms. The fraction of sp³-hybridized carbons (Fsp3) is 1.00. The van der Waals surface area contributed by atoms with Gasteiger partial charge < -0.3 is 10.2 Å². The molecule has 0 amide bonds. The van der Waals surface area contributed by atoms with Crippen molar-refractivity contribution in [3.63, 3.8) is 0 Å². The Bertz CT molecular complexity index is 137. The van der Waals surface area contributed by atoms with Crippen LogP contribution in [0.25, 0.3) is 0 Å². The lowest BCUT2D eigenvalue weighted by atomic mass is 9.76. The van der Waals surface area contributed by atoms with Crippen LogP contribution in [-0.2, 0) is 0 Å². The van der Waals surface area contributed by atoms with Crippen molar-refractivity contribution < 1.29 is 10.2 Å². The Hall–Kier alpha value is -0.0800. The Labute approximate surface area is 88.3 Å². The van der Waals surface area contributed by atoms with Gasteiger partial charge in [0, 0.05) is 5.41 Å². The van der Waals surface area contributed by atoms with Gasteiger partial charge in [0.1, 0.15) is 0 Å². The van der Waals surface area contributed by atoms with Crippen molar-refractivity contribution in [2.75, 3.05) is 13.2 Å². The second kappa shape index (κ2) is 6.41. The Morgan fingerprint density at radius 3 is 1.71 bits per heavy atom. The van der Waals surface area contributed by atoms with Gasteiger partial charge in [0.25, 0.3) is 0 Å². The number of rotatable bonds is 7. The van der Waals surface area contributed by atoms with E-state index in [1.807, 2.05) is 0 Å². The van der Waals surface area contributed by atoms with Gasteiger partial charge in [0.15, 0.2) is 0 Å². The summed E-state index contributed by atoms with van der Waals surface area (Å²) in [5.74, 6) is 1.17. The molecule has 0 rings (SSSR count). The first-order valence-corrected chi connectivity index (χ1v) is 5.67. The van der Waals surface area contributed by atoms with E-state index in [-0.39, 0.29) is 18.6 Å². The van der Waals surface area contributed by atoms with E-state index in [1.165, 1.54) is 0 Å². The van der Waals surface area contributed by atoms with Crippen LogP contribution in [0.2, 0.25) is 0 Å². The molecule has 0 atom stereocenters. The zero-order chi connectivity index (χ0) is 11.2. The molecule has 14 heavy (non-hydrogen) atoms. The summed E-state index contributed by atoms with van der Waals surface area (Å²) in [6.07, 6.45) is 2.91. The lowest BCUT2D eigenvalue weighted by Gasteiger charge is -2.32. The van der Waals surface area contributed by atoms with Gasteiger partial charge in [-0.2, -0.15) is 0 Å². The normalized spacial score (nSPS) is 12.9. The molecule has 0 saturated heterocycles. The average Bonchev–Trinajstić information content (AvgIpc) is 2.11. The second-order valence-corrected chi connectivity index (χ2v) is 5.35. The van der Waals surface area contributed by atoms with Crippen molar-refractivity contribution in [2.24, 2.45) is 17.3 Å². The van der Waals surface area contributed by atoms with Crippen LogP contribution in [0.1, 0.15) is 47.0 Å². The fourth-order valence-corrected chi connectivity index (χ4v) is 1.90. The van der Waals surface area contributed by atoms with E-state index in [2.05, 4.69) is 27.7 Å². The van der Waals surface area contributed by atoms with E-state index < -0.39 is 0 Å². The number of aliphatic hydroxyl groups is 2. The first-order valence-electron chi connectivity index (χ1n) is 5.67. The van der Waals surface area contributed by atoms with E-state index >= 15 is 0 Å². The maximum Gasteiger partial charge on any atom is 0.0509 e. The summed E-state index contributed by atoms with van der Waals surface area (Å²) in [4.78, 5) is 0. The Morgan fingerprint density at radius 2 is 1.43 bits per heavy atom. The molecule has 0 aliphatic carbocycles. The topological polar surface area (TPSA) is 40.5 Å². The highest BCUT2D eigenvalue weighted by molar-refractivity contribution is 4.79. The van der Waals surface area contributed by atoms with Crippen molar-refractivity contribution in [3.05, 3.63) is 0 Å². The Kier molecular flexibility index (Phi) is 6.38. The van der Waals surface area contributed by atoms with Gasteiger partial charge in [0.2, 0.25) is 0 Å². The predicted molar refractivity (Wildman–Crippen MR) is 60.1 cm³/mol. The van der Waals surface area contributed by atoms with Crippen LogP contribution in [0.15, 0.2) is 0 Å². The van der Waals surface area contributed by atoms with Crippen LogP contribution in [0.5, 0.6) is 0 Å². The van der Waals surface area contributed by atoms with Crippen molar-refractivity contribution in [2.45, 2.75) is 47.0 Å². The summed E-state index contributed by atoms with van der Waals surface area (Å²) in [5, 5.41) is 18.8. The maximum atomic E-state index is 9.38. The van der Waals surface area contributed by atoms with Gasteiger partial charge in [-0.25, -0.2) is 0 Å². The van der Waals surface area contributed by atoms with E-state index in [4.69, 9.17) is 0 Å². The van der Waals surface area contributed by atoms with Gasteiger partial charge in [-0.3, -0.25) is 0 Å². The molecule has 0 bridgehead atoms. The number of hydrogen-bond donors (Lipinski definition) is 2. The van der Waals surface area contributed by atoms with Gasteiger partial charge in [-0.05, 0) is 24.7 Å². The highest BCUT2D eigenvalue weighted by Gasteiger charge is 2.29. The molecule has 0 aliphatic rings. The summed E-state index contributed by atoms with van der Waals surface area (Å²) in [5.41, 5.74) is -0.252. The molecule has 0 aromatic heterocycles. The van der Waals surface area contributed by atoms with E-state index in [0.717, 1.165) is 19.3 Å². The zero-order valence-electron chi connectivity index (χ0n) is 10.1. The highest BCUT2D eigenvalue weighted by atomic mass is 16.3. The Morgan fingerprint density at radius 1 is 0.929 bits per heavy atom. The number of aliphatic hydroxyl groups excluding tert-OH is 2. The largest absolute Gasteiger partial charge is 0.396 e. The van der Waals surface area contributed by atoms with Crippen molar-refractivity contribution in [1.29, 1.82) is 0 Å². The fourth-order valence-electron chi connectivity index (χ4n) is 1.90. The van der Waals surface area contributed by atoms with Crippen LogP contribution in [0.4, 0.5) is 0 Å². The van der Waals surface area contributed by atoms with Gasteiger partial charge in [-0.1, -0.05) is 34.1 Å². The van der Waals surface area contributed by atoms with E-state index in [1.54, 1.807) is 0 Å². The summed E-state index contributed by atoms with van der Waals surface area (Å²) in [6, 6.07) is 0. The smallest absolute Gasteiger partial charge is 0.0509 e. The van der Waals surface area contributed by atoms with E-state index in [0.29, 0.717) is 11.8 Å².